The molecule has 0 spiro atoms. The fourth-order valence-electron chi connectivity index (χ4n) is 5.50. The summed E-state index contributed by atoms with van der Waals surface area (Å²) in [6.07, 6.45) is 13.9. The van der Waals surface area contributed by atoms with Crippen molar-refractivity contribution in [1.82, 2.24) is 0 Å². The van der Waals surface area contributed by atoms with Crippen molar-refractivity contribution in [1.29, 1.82) is 0 Å². The zero-order valence-corrected chi connectivity index (χ0v) is 19.7. The van der Waals surface area contributed by atoms with Gasteiger partial charge in [0.2, 0.25) is 0 Å². The first-order valence-electron chi connectivity index (χ1n) is 11.3. The van der Waals surface area contributed by atoms with Crippen LogP contribution >= 0.6 is 15.9 Å². The van der Waals surface area contributed by atoms with E-state index in [1.165, 1.54) is 4.48 Å². The van der Waals surface area contributed by atoms with E-state index in [-0.39, 0.29) is 18.1 Å². The molecule has 6 heteroatoms. The predicted octanol–water partition coefficient (Wildman–Crippen LogP) is 5.05. The maximum Gasteiger partial charge on any atom is 0.158 e. The molecule has 1 saturated heterocycles. The van der Waals surface area contributed by atoms with E-state index in [1.54, 1.807) is 14.2 Å². The number of aliphatic hydroxyl groups excluding tert-OH is 1. The smallest absolute Gasteiger partial charge is 0.158 e. The highest BCUT2D eigenvalue weighted by Crippen LogP contribution is 2.44. The lowest BCUT2D eigenvalue weighted by Gasteiger charge is -2.44. The molecule has 4 rings (SSSR count). The molecular weight excluding hydrogens is 448 g/mol. The number of aliphatic hydroxyl groups is 1. The van der Waals surface area contributed by atoms with Crippen molar-refractivity contribution < 1.29 is 24.1 Å². The van der Waals surface area contributed by atoms with Gasteiger partial charge >= 0.3 is 0 Å². The Bertz CT molecular complexity index is 687. The monoisotopic (exact) mass is 482 g/mol. The molecule has 168 valence electrons. The molecule has 0 aromatic heterocycles. The van der Waals surface area contributed by atoms with Crippen molar-refractivity contribution in [2.24, 2.45) is 23.7 Å². The molecule has 1 aliphatic heterocycles. The van der Waals surface area contributed by atoms with Gasteiger partial charge in [-0.2, -0.15) is 0 Å². The van der Waals surface area contributed by atoms with Crippen LogP contribution in [0.25, 0.3) is 0 Å². The first kappa shape index (κ1) is 22.4. The van der Waals surface area contributed by atoms with Gasteiger partial charge in [-0.25, -0.2) is 0 Å². The molecule has 0 radical (unpaired) electrons. The first-order chi connectivity index (χ1) is 14.6. The minimum Gasteiger partial charge on any atom is -0.501 e. The highest BCUT2D eigenvalue weighted by atomic mass is 79.9. The van der Waals surface area contributed by atoms with E-state index >= 15 is 0 Å². The molecule has 0 aromatic carbocycles. The Labute approximate surface area is 188 Å². The van der Waals surface area contributed by atoms with Crippen LogP contribution in [-0.4, -0.2) is 44.4 Å². The lowest BCUT2D eigenvalue weighted by Crippen LogP contribution is -2.45. The minimum atomic E-state index is -0.656. The van der Waals surface area contributed by atoms with Crippen LogP contribution in [0.4, 0.5) is 0 Å². The molecule has 0 amide bonds. The van der Waals surface area contributed by atoms with Gasteiger partial charge in [0.15, 0.2) is 6.29 Å². The van der Waals surface area contributed by atoms with Crippen molar-refractivity contribution in [3.8, 4) is 0 Å². The van der Waals surface area contributed by atoms with Gasteiger partial charge < -0.3 is 24.1 Å². The van der Waals surface area contributed by atoms with Crippen molar-refractivity contribution in [3.05, 3.63) is 34.2 Å². The number of hydrogen-bond acceptors (Lipinski definition) is 5. The zero-order chi connectivity index (χ0) is 21.1. The van der Waals surface area contributed by atoms with Crippen molar-refractivity contribution in [2.45, 2.75) is 69.9 Å². The molecule has 4 unspecified atom stereocenters. The third kappa shape index (κ3) is 5.32. The van der Waals surface area contributed by atoms with Crippen LogP contribution in [0, 0.1) is 23.7 Å². The number of fused-ring (bicyclic) bond motifs is 1. The van der Waals surface area contributed by atoms with Crippen molar-refractivity contribution in [2.75, 3.05) is 20.8 Å². The quantitative estimate of drug-likeness (QED) is 0.573. The molecule has 0 saturated carbocycles. The molecule has 5 nitrogen and oxygen atoms in total. The number of rotatable bonds is 6. The molecule has 1 N–H and O–H groups in total. The average molecular weight is 483 g/mol. The van der Waals surface area contributed by atoms with Gasteiger partial charge in [-0.15, -0.1) is 0 Å². The van der Waals surface area contributed by atoms with Gasteiger partial charge in [-0.3, -0.25) is 0 Å². The van der Waals surface area contributed by atoms with Gasteiger partial charge in [-0.1, -0.05) is 22.0 Å². The maximum absolute atomic E-state index is 10.7. The average Bonchev–Trinajstić information content (AvgIpc) is 2.77. The van der Waals surface area contributed by atoms with Crippen LogP contribution in [0.1, 0.15) is 51.4 Å². The summed E-state index contributed by atoms with van der Waals surface area (Å²) < 4.78 is 24.6. The molecular formula is C24H35BrO5. The van der Waals surface area contributed by atoms with E-state index < -0.39 is 6.29 Å². The van der Waals surface area contributed by atoms with Crippen molar-refractivity contribution >= 4 is 15.9 Å². The molecule has 30 heavy (non-hydrogen) atoms. The summed E-state index contributed by atoms with van der Waals surface area (Å²) in [5.41, 5.74) is 0. The predicted molar refractivity (Wildman–Crippen MR) is 119 cm³/mol. The second-order valence-corrected chi connectivity index (χ2v) is 10.3. The van der Waals surface area contributed by atoms with Gasteiger partial charge in [-0.05, 0) is 67.0 Å². The second-order valence-electron chi connectivity index (χ2n) is 9.25. The highest BCUT2D eigenvalue weighted by molar-refractivity contribution is 9.11. The normalized spacial score (nSPS) is 39.3. The van der Waals surface area contributed by atoms with Crippen LogP contribution in [0.15, 0.2) is 34.2 Å². The Morgan fingerprint density at radius 3 is 2.67 bits per heavy atom. The molecule has 7 atom stereocenters. The number of methoxy groups -OCH3 is 2. The first-order valence-corrected chi connectivity index (χ1v) is 12.1. The summed E-state index contributed by atoms with van der Waals surface area (Å²) in [4.78, 5) is 0. The van der Waals surface area contributed by atoms with Gasteiger partial charge in [0.1, 0.15) is 0 Å². The minimum absolute atomic E-state index is 0.0645. The topological polar surface area (TPSA) is 57.2 Å². The Morgan fingerprint density at radius 1 is 1.10 bits per heavy atom. The zero-order valence-electron chi connectivity index (χ0n) is 18.1. The van der Waals surface area contributed by atoms with E-state index in [4.69, 9.17) is 18.9 Å². The summed E-state index contributed by atoms with van der Waals surface area (Å²) in [7, 11) is 3.45. The molecule has 1 fully saturated rings. The third-order valence-corrected chi connectivity index (χ3v) is 8.05. The van der Waals surface area contributed by atoms with E-state index in [0.29, 0.717) is 24.4 Å². The molecule has 1 heterocycles. The van der Waals surface area contributed by atoms with Crippen LogP contribution in [-0.2, 0) is 18.9 Å². The van der Waals surface area contributed by atoms with Crippen LogP contribution in [0.2, 0.25) is 0 Å². The summed E-state index contributed by atoms with van der Waals surface area (Å²) in [6.45, 7) is 0.665. The number of allylic oxidation sites excluding steroid dienone is 4. The summed E-state index contributed by atoms with van der Waals surface area (Å²) in [5, 5.41) is 10.7. The van der Waals surface area contributed by atoms with E-state index in [9.17, 15) is 5.11 Å². The number of ether oxygens (including phenoxy) is 4. The Balaban J connectivity index is 1.29. The standard InChI is InChI=1S/C24H35BrO5/c1-27-20-9-15(10-21(12-20)28-2)14-29-19-8-5-17-11-22(24(26)30-23(17)13-19)16-3-6-18(25)7-4-16/h6,8,12,15-17,20,22-24,26H,3-5,7,9-11,13-14H2,1-2H3/t15?,16-,17+,20?,22?,23+,24?/m1/s1. The van der Waals surface area contributed by atoms with Crippen LogP contribution in [0.3, 0.4) is 0 Å². The van der Waals surface area contributed by atoms with Crippen molar-refractivity contribution in [3.63, 3.8) is 0 Å². The lowest BCUT2D eigenvalue weighted by atomic mass is 9.73. The Hall–Kier alpha value is -0.820. The lowest BCUT2D eigenvalue weighted by molar-refractivity contribution is -0.226. The van der Waals surface area contributed by atoms with Gasteiger partial charge in [0, 0.05) is 31.8 Å². The summed E-state index contributed by atoms with van der Waals surface area (Å²) in [5.74, 6) is 3.62. The highest BCUT2D eigenvalue weighted by Gasteiger charge is 2.42. The van der Waals surface area contributed by atoms with E-state index in [1.807, 2.05) is 0 Å². The number of halogens is 1. The van der Waals surface area contributed by atoms with Gasteiger partial charge in [0.25, 0.3) is 0 Å². The second kappa shape index (κ2) is 10.2. The largest absolute Gasteiger partial charge is 0.501 e. The third-order valence-electron chi connectivity index (χ3n) is 7.33. The molecule has 3 aliphatic carbocycles. The number of hydrogen-bond donors (Lipinski definition) is 1. The van der Waals surface area contributed by atoms with E-state index in [2.05, 4.69) is 34.2 Å². The van der Waals surface area contributed by atoms with Gasteiger partial charge in [0.05, 0.1) is 37.4 Å². The Morgan fingerprint density at radius 2 is 1.93 bits per heavy atom. The maximum atomic E-state index is 10.7. The molecule has 0 bridgehead atoms. The SMILES string of the molecule is COC1=CC(OC)CC(COC2=CC[C@H]3CC([C@@H]4CC=C(Br)CC4)C(O)O[C@H]3C2)C1. The van der Waals surface area contributed by atoms with Crippen LogP contribution in [0.5, 0.6) is 0 Å². The molecule has 4 aliphatic rings. The summed E-state index contributed by atoms with van der Waals surface area (Å²) in [6, 6.07) is 0. The Kier molecular flexibility index (Phi) is 7.61. The summed E-state index contributed by atoms with van der Waals surface area (Å²) >= 11 is 3.60. The van der Waals surface area contributed by atoms with Crippen LogP contribution < -0.4 is 0 Å². The van der Waals surface area contributed by atoms with E-state index in [0.717, 1.165) is 62.9 Å². The fraction of sp³-hybridized carbons (Fsp3) is 0.750. The molecule has 0 aromatic rings. The fourth-order valence-corrected chi connectivity index (χ4v) is 5.91.